The molecule has 4 rings (SSSR count). The maximum absolute atomic E-state index is 13.1. The fourth-order valence-corrected chi connectivity index (χ4v) is 5.30. The number of hydrogen-bond acceptors (Lipinski definition) is 6. The van der Waals surface area contributed by atoms with Crippen molar-refractivity contribution in [1.29, 1.82) is 0 Å². The molecule has 12 heteroatoms. The highest BCUT2D eigenvalue weighted by atomic mass is 19.4. The predicted octanol–water partition coefficient (Wildman–Crippen LogP) is 3.47. The molecule has 2 fully saturated rings. The summed E-state index contributed by atoms with van der Waals surface area (Å²) in [5, 5.41) is 17.6. The maximum atomic E-state index is 13.1. The Hall–Kier alpha value is -3.15. The molecule has 2 amide bonds. The fourth-order valence-electron chi connectivity index (χ4n) is 5.30. The lowest BCUT2D eigenvalue weighted by Crippen LogP contribution is -2.63. The van der Waals surface area contributed by atoms with Crippen molar-refractivity contribution >= 4 is 28.7 Å². The number of hydrogen-bond donors (Lipinski definition) is 4. The molecule has 4 N–H and O–H groups in total. The van der Waals surface area contributed by atoms with E-state index in [2.05, 4.69) is 30.8 Å². The summed E-state index contributed by atoms with van der Waals surface area (Å²) in [6.45, 7) is 3.38. The van der Waals surface area contributed by atoms with E-state index in [0.29, 0.717) is 17.5 Å². The predicted molar refractivity (Wildman–Crippen MR) is 128 cm³/mol. The second-order valence-electron chi connectivity index (χ2n) is 9.56. The molecular weight excluding hydrogens is 477 g/mol. The van der Waals surface area contributed by atoms with Crippen molar-refractivity contribution in [3.63, 3.8) is 0 Å². The fraction of sp³-hybridized carbons (Fsp3) is 0.583. The highest BCUT2D eigenvalue weighted by Crippen LogP contribution is 2.33. The number of nitrogens with one attached hydrogen (secondary N) is 3. The van der Waals surface area contributed by atoms with Gasteiger partial charge < -0.3 is 21.1 Å². The Kier molecular flexibility index (Phi) is 7.82. The van der Waals surface area contributed by atoms with Crippen molar-refractivity contribution in [1.82, 2.24) is 25.5 Å². The first-order valence-corrected chi connectivity index (χ1v) is 12.2. The van der Waals surface area contributed by atoms with Crippen molar-refractivity contribution in [2.45, 2.75) is 63.3 Å². The summed E-state index contributed by atoms with van der Waals surface area (Å²) in [6.07, 6.45) is 0.529. The molecule has 196 valence electrons. The van der Waals surface area contributed by atoms with Gasteiger partial charge in [0, 0.05) is 30.6 Å². The molecule has 1 aromatic heterocycles. The van der Waals surface area contributed by atoms with Crippen LogP contribution in [0.5, 0.6) is 0 Å². The van der Waals surface area contributed by atoms with Crippen molar-refractivity contribution in [3.05, 3.63) is 30.1 Å². The number of carbonyl (C=O) groups excluding carboxylic acids is 1. The molecule has 2 aromatic rings. The quantitative estimate of drug-likeness (QED) is 0.431. The molecule has 1 atom stereocenters. The van der Waals surface area contributed by atoms with Gasteiger partial charge in [0.05, 0.1) is 23.7 Å². The number of halogens is 3. The van der Waals surface area contributed by atoms with Crippen LogP contribution >= 0.6 is 0 Å². The van der Waals surface area contributed by atoms with E-state index in [1.807, 2.05) is 6.92 Å². The molecule has 1 saturated heterocycles. The Bertz CT molecular complexity index is 1080. The molecule has 0 radical (unpaired) electrons. The molecule has 0 bridgehead atoms. The van der Waals surface area contributed by atoms with Crippen LogP contribution in [0.25, 0.3) is 10.9 Å². The Morgan fingerprint density at radius 1 is 1.17 bits per heavy atom. The number of likely N-dealkylation sites (tertiary alicyclic amines) is 1. The third-order valence-corrected chi connectivity index (χ3v) is 7.23. The number of fused-ring (bicyclic) bond motifs is 1. The van der Waals surface area contributed by atoms with Crippen molar-refractivity contribution in [2.24, 2.45) is 5.92 Å². The molecule has 1 saturated carbocycles. The van der Waals surface area contributed by atoms with E-state index in [0.717, 1.165) is 57.3 Å². The third-order valence-electron chi connectivity index (χ3n) is 7.23. The molecule has 0 spiro atoms. The highest BCUT2D eigenvalue weighted by molar-refractivity contribution is 5.91. The van der Waals surface area contributed by atoms with E-state index >= 15 is 0 Å². The minimum atomic E-state index is -4.49. The van der Waals surface area contributed by atoms with Gasteiger partial charge in [-0.1, -0.05) is 6.92 Å². The number of alkyl halides is 3. The lowest BCUT2D eigenvalue weighted by Gasteiger charge is -2.47. The molecule has 1 aliphatic heterocycles. The van der Waals surface area contributed by atoms with Crippen LogP contribution in [0.3, 0.4) is 0 Å². The molecule has 36 heavy (non-hydrogen) atoms. The zero-order chi connectivity index (χ0) is 25.9. The zero-order valence-corrected chi connectivity index (χ0v) is 20.0. The number of aromatic nitrogens is 2. The second kappa shape index (κ2) is 10.9. The second-order valence-corrected chi connectivity index (χ2v) is 9.56. The first-order chi connectivity index (χ1) is 17.1. The van der Waals surface area contributed by atoms with Gasteiger partial charge in [-0.3, -0.25) is 9.69 Å². The molecule has 2 heterocycles. The molecule has 1 aromatic carbocycles. The van der Waals surface area contributed by atoms with Gasteiger partial charge in [-0.15, -0.1) is 0 Å². The number of nitrogens with zero attached hydrogens (tertiary/aromatic N) is 3. The lowest BCUT2D eigenvalue weighted by molar-refractivity contribution is -0.137. The molecule has 1 unspecified atom stereocenters. The number of carbonyl (C=O) groups is 2. The van der Waals surface area contributed by atoms with E-state index < -0.39 is 17.8 Å². The Labute approximate surface area is 206 Å². The highest BCUT2D eigenvalue weighted by Gasteiger charge is 2.36. The maximum Gasteiger partial charge on any atom is 0.416 e. The van der Waals surface area contributed by atoms with Gasteiger partial charge in [0.1, 0.15) is 12.1 Å². The Morgan fingerprint density at radius 2 is 1.89 bits per heavy atom. The summed E-state index contributed by atoms with van der Waals surface area (Å²) in [7, 11) is 0. The average molecular weight is 509 g/mol. The van der Waals surface area contributed by atoms with E-state index in [1.165, 1.54) is 12.4 Å². The SMILES string of the molecule is CCC(NC(=O)O)[C@H]1CC[C@H](N2CC(NC(=O)CNc3ncnc4ccc(C(F)(F)F)cc34)C2)CC1. The van der Waals surface area contributed by atoms with Crippen molar-refractivity contribution in [3.8, 4) is 0 Å². The van der Waals surface area contributed by atoms with Gasteiger partial charge in [0.15, 0.2) is 0 Å². The smallest absolute Gasteiger partial charge is 0.416 e. The Balaban J connectivity index is 1.22. The summed E-state index contributed by atoms with van der Waals surface area (Å²) in [6, 6.07) is 3.68. The summed E-state index contributed by atoms with van der Waals surface area (Å²) in [5.41, 5.74) is -0.446. The normalized spacial score (nSPS) is 22.0. The van der Waals surface area contributed by atoms with Crippen LogP contribution in [-0.4, -0.2) is 69.7 Å². The van der Waals surface area contributed by atoms with Gasteiger partial charge in [-0.25, -0.2) is 14.8 Å². The number of amides is 2. The van der Waals surface area contributed by atoms with Gasteiger partial charge in [-0.2, -0.15) is 13.2 Å². The number of rotatable bonds is 8. The Morgan fingerprint density at radius 3 is 2.53 bits per heavy atom. The van der Waals surface area contributed by atoms with Crippen LogP contribution in [0, 0.1) is 5.92 Å². The molecule has 1 aliphatic carbocycles. The van der Waals surface area contributed by atoms with Gasteiger partial charge in [0.2, 0.25) is 5.91 Å². The topological polar surface area (TPSA) is 119 Å². The minimum absolute atomic E-state index is 0.00793. The van der Waals surface area contributed by atoms with E-state index in [-0.39, 0.29) is 35.7 Å². The standard InChI is InChI=1S/C24H31F3N6O3/c1-2-19(32-23(35)36)14-3-6-17(7-4-14)33-11-16(12-33)31-21(34)10-28-22-18-9-15(24(25,26)27)5-8-20(18)29-13-30-22/h5,8-9,13-14,16-17,19,32H,2-4,6-7,10-12H2,1H3,(H,31,34)(H,35,36)(H,28,29,30)/t14-,17-,19?. The van der Waals surface area contributed by atoms with Gasteiger partial charge >= 0.3 is 12.3 Å². The monoisotopic (exact) mass is 508 g/mol. The number of benzene rings is 1. The van der Waals surface area contributed by atoms with Crippen LogP contribution in [0.15, 0.2) is 24.5 Å². The number of carboxylic acid groups (broad SMARTS) is 1. The van der Waals surface area contributed by atoms with Crippen LogP contribution in [0.4, 0.5) is 23.8 Å². The minimum Gasteiger partial charge on any atom is -0.465 e. The first-order valence-electron chi connectivity index (χ1n) is 12.2. The summed E-state index contributed by atoms with van der Waals surface area (Å²) >= 11 is 0. The summed E-state index contributed by atoms with van der Waals surface area (Å²) in [5.74, 6) is 0.277. The average Bonchev–Trinajstić information content (AvgIpc) is 2.82. The van der Waals surface area contributed by atoms with E-state index in [9.17, 15) is 22.8 Å². The van der Waals surface area contributed by atoms with Crippen molar-refractivity contribution in [2.75, 3.05) is 25.0 Å². The van der Waals surface area contributed by atoms with E-state index in [4.69, 9.17) is 5.11 Å². The largest absolute Gasteiger partial charge is 0.465 e. The zero-order valence-electron chi connectivity index (χ0n) is 20.0. The summed E-state index contributed by atoms with van der Waals surface area (Å²) in [4.78, 5) is 33.8. The number of anilines is 1. The van der Waals surface area contributed by atoms with Crippen LogP contribution < -0.4 is 16.0 Å². The first kappa shape index (κ1) is 25.9. The van der Waals surface area contributed by atoms with Crippen LogP contribution in [0.2, 0.25) is 0 Å². The summed E-state index contributed by atoms with van der Waals surface area (Å²) < 4.78 is 39.2. The van der Waals surface area contributed by atoms with Crippen LogP contribution in [-0.2, 0) is 11.0 Å². The molecule has 9 nitrogen and oxygen atoms in total. The van der Waals surface area contributed by atoms with Gasteiger partial charge in [-0.05, 0) is 56.2 Å². The third kappa shape index (κ3) is 6.15. The van der Waals surface area contributed by atoms with Crippen molar-refractivity contribution < 1.29 is 27.9 Å². The lowest BCUT2D eigenvalue weighted by atomic mass is 9.79. The molecular formula is C24H31F3N6O3. The van der Waals surface area contributed by atoms with Crippen LogP contribution in [0.1, 0.15) is 44.6 Å². The molecule has 2 aliphatic rings. The van der Waals surface area contributed by atoms with E-state index in [1.54, 1.807) is 0 Å². The van der Waals surface area contributed by atoms with Gasteiger partial charge in [0.25, 0.3) is 0 Å².